The quantitative estimate of drug-likeness (QED) is 0.897. The topological polar surface area (TPSA) is 41.6 Å². The Kier molecular flexibility index (Phi) is 3.66. The van der Waals surface area contributed by atoms with Gasteiger partial charge in [0.15, 0.2) is 0 Å². The molecular formula is C16H22N2O2. The van der Waals surface area contributed by atoms with Crippen molar-refractivity contribution in [1.82, 2.24) is 4.90 Å². The molecule has 0 bridgehead atoms. The molecule has 20 heavy (non-hydrogen) atoms. The molecule has 108 valence electrons. The largest absolute Gasteiger partial charge is 0.376 e. The molecule has 0 aromatic heterocycles. The minimum Gasteiger partial charge on any atom is -0.376 e. The molecule has 1 amide bonds. The van der Waals surface area contributed by atoms with Gasteiger partial charge in [-0.25, -0.2) is 0 Å². The standard InChI is InChI=1S/C16H22N2O2/c1-11-15(9-10-20-11)18(2)16(19)14-8-7-12-5-3-4-6-13(12)17-14/h3-6,11,14-15,17H,7-10H2,1-2H3. The summed E-state index contributed by atoms with van der Waals surface area (Å²) in [6, 6.07) is 8.33. The lowest BCUT2D eigenvalue weighted by Crippen LogP contribution is -2.49. The van der Waals surface area contributed by atoms with Crippen LogP contribution in [0.2, 0.25) is 0 Å². The summed E-state index contributed by atoms with van der Waals surface area (Å²) in [6.45, 7) is 2.80. The van der Waals surface area contributed by atoms with Crippen molar-refractivity contribution >= 4 is 11.6 Å². The minimum atomic E-state index is -0.109. The molecule has 3 unspecified atom stereocenters. The highest BCUT2D eigenvalue weighted by Gasteiger charge is 2.34. The van der Waals surface area contributed by atoms with Gasteiger partial charge in [0.25, 0.3) is 0 Å². The lowest BCUT2D eigenvalue weighted by atomic mass is 9.97. The van der Waals surface area contributed by atoms with Gasteiger partial charge in [-0.3, -0.25) is 4.79 Å². The van der Waals surface area contributed by atoms with E-state index in [9.17, 15) is 4.79 Å². The monoisotopic (exact) mass is 274 g/mol. The van der Waals surface area contributed by atoms with Gasteiger partial charge >= 0.3 is 0 Å². The molecule has 3 rings (SSSR count). The Bertz CT molecular complexity index is 503. The number of nitrogens with zero attached hydrogens (tertiary/aromatic N) is 1. The predicted octanol–water partition coefficient (Wildman–Crippen LogP) is 2.05. The van der Waals surface area contributed by atoms with Crippen molar-refractivity contribution in [3.8, 4) is 0 Å². The average molecular weight is 274 g/mol. The van der Waals surface area contributed by atoms with Crippen molar-refractivity contribution in [2.75, 3.05) is 19.0 Å². The normalized spacial score (nSPS) is 28.6. The van der Waals surface area contributed by atoms with Crippen LogP contribution < -0.4 is 5.32 Å². The summed E-state index contributed by atoms with van der Waals surface area (Å²) >= 11 is 0. The number of anilines is 1. The van der Waals surface area contributed by atoms with Crippen LogP contribution >= 0.6 is 0 Å². The zero-order valence-electron chi connectivity index (χ0n) is 12.1. The number of para-hydroxylation sites is 1. The maximum Gasteiger partial charge on any atom is 0.245 e. The third-order valence-corrected chi connectivity index (χ3v) is 4.53. The van der Waals surface area contributed by atoms with Crippen LogP contribution in [-0.2, 0) is 16.0 Å². The molecule has 1 aromatic carbocycles. The lowest BCUT2D eigenvalue weighted by molar-refractivity contribution is -0.133. The van der Waals surface area contributed by atoms with Gasteiger partial charge in [-0.2, -0.15) is 0 Å². The second-order valence-corrected chi connectivity index (χ2v) is 5.77. The Hall–Kier alpha value is -1.55. The van der Waals surface area contributed by atoms with E-state index in [4.69, 9.17) is 4.74 Å². The lowest BCUT2D eigenvalue weighted by Gasteiger charge is -2.33. The van der Waals surface area contributed by atoms with Gasteiger partial charge in [-0.15, -0.1) is 0 Å². The first kappa shape index (κ1) is 13.4. The second kappa shape index (κ2) is 5.44. The number of hydrogen-bond acceptors (Lipinski definition) is 3. The highest BCUT2D eigenvalue weighted by atomic mass is 16.5. The van der Waals surface area contributed by atoms with Gasteiger partial charge in [0.1, 0.15) is 6.04 Å². The van der Waals surface area contributed by atoms with Crippen LogP contribution in [0.3, 0.4) is 0 Å². The smallest absolute Gasteiger partial charge is 0.245 e. The Morgan fingerprint density at radius 2 is 2.15 bits per heavy atom. The van der Waals surface area contributed by atoms with Crippen molar-refractivity contribution in [3.05, 3.63) is 29.8 Å². The maximum absolute atomic E-state index is 12.6. The molecule has 2 aliphatic heterocycles. The fraction of sp³-hybridized carbons (Fsp3) is 0.562. The number of benzene rings is 1. The third kappa shape index (κ3) is 2.40. The van der Waals surface area contributed by atoms with Gasteiger partial charge in [-0.05, 0) is 37.8 Å². The van der Waals surface area contributed by atoms with E-state index in [1.807, 2.05) is 31.0 Å². The summed E-state index contributed by atoms with van der Waals surface area (Å²) in [4.78, 5) is 14.5. The summed E-state index contributed by atoms with van der Waals surface area (Å²) in [6.07, 6.45) is 2.90. The number of ether oxygens (including phenoxy) is 1. The fourth-order valence-corrected chi connectivity index (χ4v) is 3.26. The molecule has 4 heteroatoms. The van der Waals surface area contributed by atoms with Crippen molar-refractivity contribution < 1.29 is 9.53 Å². The van der Waals surface area contributed by atoms with Crippen molar-refractivity contribution in [2.24, 2.45) is 0 Å². The van der Waals surface area contributed by atoms with Crippen LogP contribution in [0, 0.1) is 0 Å². The summed E-state index contributed by atoms with van der Waals surface area (Å²) in [5.41, 5.74) is 2.40. The summed E-state index contributed by atoms with van der Waals surface area (Å²) < 4.78 is 5.57. The van der Waals surface area contributed by atoms with E-state index in [0.29, 0.717) is 0 Å². The number of hydrogen-bond donors (Lipinski definition) is 1. The molecule has 1 aromatic rings. The number of fused-ring (bicyclic) bond motifs is 1. The van der Waals surface area contributed by atoms with E-state index >= 15 is 0 Å². The van der Waals surface area contributed by atoms with E-state index in [1.54, 1.807) is 0 Å². The molecule has 0 radical (unpaired) electrons. The van der Waals surface area contributed by atoms with Gasteiger partial charge in [0.05, 0.1) is 12.1 Å². The molecule has 1 N–H and O–H groups in total. The molecule has 2 aliphatic rings. The Balaban J connectivity index is 1.69. The first-order valence-corrected chi connectivity index (χ1v) is 7.39. The first-order valence-electron chi connectivity index (χ1n) is 7.39. The summed E-state index contributed by atoms with van der Waals surface area (Å²) in [5, 5.41) is 3.38. The Morgan fingerprint density at radius 3 is 2.90 bits per heavy atom. The zero-order chi connectivity index (χ0) is 14.1. The maximum atomic E-state index is 12.6. The van der Waals surface area contributed by atoms with Gasteiger partial charge < -0.3 is 15.0 Å². The van der Waals surface area contributed by atoms with Crippen molar-refractivity contribution in [3.63, 3.8) is 0 Å². The van der Waals surface area contributed by atoms with Crippen LogP contribution in [-0.4, -0.2) is 42.6 Å². The van der Waals surface area contributed by atoms with E-state index in [0.717, 1.165) is 31.6 Å². The number of nitrogens with one attached hydrogen (secondary N) is 1. The predicted molar refractivity (Wildman–Crippen MR) is 78.8 cm³/mol. The van der Waals surface area contributed by atoms with Gasteiger partial charge in [0.2, 0.25) is 5.91 Å². The van der Waals surface area contributed by atoms with Crippen molar-refractivity contribution in [2.45, 2.75) is 44.4 Å². The number of carbonyl (C=O) groups is 1. The van der Waals surface area contributed by atoms with Crippen LogP contribution in [0.1, 0.15) is 25.3 Å². The van der Waals surface area contributed by atoms with E-state index < -0.39 is 0 Å². The molecular weight excluding hydrogens is 252 g/mol. The average Bonchev–Trinajstić information content (AvgIpc) is 2.91. The van der Waals surface area contributed by atoms with E-state index in [1.165, 1.54) is 5.56 Å². The molecule has 0 aliphatic carbocycles. The molecule has 3 atom stereocenters. The van der Waals surface area contributed by atoms with E-state index in [2.05, 4.69) is 17.4 Å². The highest BCUT2D eigenvalue weighted by Crippen LogP contribution is 2.26. The Morgan fingerprint density at radius 1 is 1.35 bits per heavy atom. The number of aryl methyl sites for hydroxylation is 1. The van der Waals surface area contributed by atoms with Gasteiger partial charge in [0, 0.05) is 19.3 Å². The van der Waals surface area contributed by atoms with E-state index in [-0.39, 0.29) is 24.1 Å². The first-order chi connectivity index (χ1) is 9.66. The SMILES string of the molecule is CC1OCCC1N(C)C(=O)C1CCc2ccccc2N1. The number of carbonyl (C=O) groups excluding carboxylic acids is 1. The number of rotatable bonds is 2. The van der Waals surface area contributed by atoms with Crippen LogP contribution in [0.15, 0.2) is 24.3 Å². The molecule has 1 saturated heterocycles. The summed E-state index contributed by atoms with van der Waals surface area (Å²) in [7, 11) is 1.90. The van der Waals surface area contributed by atoms with Crippen molar-refractivity contribution in [1.29, 1.82) is 0 Å². The molecule has 4 nitrogen and oxygen atoms in total. The molecule has 0 spiro atoms. The third-order valence-electron chi connectivity index (χ3n) is 4.53. The fourth-order valence-electron chi connectivity index (χ4n) is 3.26. The molecule has 0 saturated carbocycles. The Labute approximate surface area is 120 Å². The second-order valence-electron chi connectivity index (χ2n) is 5.77. The molecule has 1 fully saturated rings. The number of likely N-dealkylation sites (N-methyl/N-ethyl adjacent to an activating group) is 1. The minimum absolute atomic E-state index is 0.109. The zero-order valence-corrected chi connectivity index (χ0v) is 12.1. The van der Waals surface area contributed by atoms with Crippen LogP contribution in [0.4, 0.5) is 5.69 Å². The number of amides is 1. The van der Waals surface area contributed by atoms with Gasteiger partial charge in [-0.1, -0.05) is 18.2 Å². The molecule has 2 heterocycles. The highest BCUT2D eigenvalue weighted by molar-refractivity contribution is 5.85. The van der Waals surface area contributed by atoms with Crippen LogP contribution in [0.25, 0.3) is 0 Å². The van der Waals surface area contributed by atoms with Crippen LogP contribution in [0.5, 0.6) is 0 Å². The summed E-state index contributed by atoms with van der Waals surface area (Å²) in [5.74, 6) is 0.182.